The van der Waals surface area contributed by atoms with E-state index in [0.717, 1.165) is 12.8 Å². The SMILES string of the molecule is CCCCCCCCC(=O)CC(=O)C(C)C. The van der Waals surface area contributed by atoms with E-state index >= 15 is 0 Å². The molecule has 0 aliphatic rings. The number of ketones is 2. The fourth-order valence-corrected chi connectivity index (χ4v) is 1.59. The molecule has 94 valence electrons. The van der Waals surface area contributed by atoms with Crippen molar-refractivity contribution in [3.05, 3.63) is 0 Å². The molecule has 0 atom stereocenters. The van der Waals surface area contributed by atoms with Crippen LogP contribution in [-0.2, 0) is 9.59 Å². The molecule has 0 aliphatic heterocycles. The molecular weight excluding hydrogens is 200 g/mol. The van der Waals surface area contributed by atoms with Crippen LogP contribution >= 0.6 is 0 Å². The zero-order valence-corrected chi connectivity index (χ0v) is 11.1. The maximum Gasteiger partial charge on any atom is 0.142 e. The van der Waals surface area contributed by atoms with Gasteiger partial charge in [-0.15, -0.1) is 0 Å². The van der Waals surface area contributed by atoms with Gasteiger partial charge in [0.05, 0.1) is 6.42 Å². The van der Waals surface area contributed by atoms with Crippen molar-refractivity contribution in [2.75, 3.05) is 0 Å². The van der Waals surface area contributed by atoms with Gasteiger partial charge in [-0.2, -0.15) is 0 Å². The highest BCUT2D eigenvalue weighted by atomic mass is 16.1. The Bertz CT molecular complexity index is 207. The van der Waals surface area contributed by atoms with Crippen molar-refractivity contribution < 1.29 is 9.59 Å². The number of rotatable bonds is 10. The molecule has 0 saturated carbocycles. The zero-order valence-electron chi connectivity index (χ0n) is 11.1. The Balaban J connectivity index is 3.41. The Morgan fingerprint density at radius 1 is 0.938 bits per heavy atom. The van der Waals surface area contributed by atoms with E-state index in [1.165, 1.54) is 25.7 Å². The highest BCUT2D eigenvalue weighted by molar-refractivity contribution is 5.99. The van der Waals surface area contributed by atoms with Gasteiger partial charge >= 0.3 is 0 Å². The lowest BCUT2D eigenvalue weighted by atomic mass is 10.0. The Kier molecular flexibility index (Phi) is 9.16. The summed E-state index contributed by atoms with van der Waals surface area (Å²) in [5, 5.41) is 0. The summed E-state index contributed by atoms with van der Waals surface area (Å²) in [7, 11) is 0. The second kappa shape index (κ2) is 9.56. The Morgan fingerprint density at radius 2 is 1.50 bits per heavy atom. The van der Waals surface area contributed by atoms with Crippen LogP contribution in [0, 0.1) is 5.92 Å². The summed E-state index contributed by atoms with van der Waals surface area (Å²) in [6.45, 7) is 5.89. The Hall–Kier alpha value is -0.660. The van der Waals surface area contributed by atoms with Crippen LogP contribution in [0.1, 0.15) is 72.1 Å². The normalized spacial score (nSPS) is 10.8. The van der Waals surface area contributed by atoms with E-state index < -0.39 is 0 Å². The molecule has 0 N–H and O–H groups in total. The van der Waals surface area contributed by atoms with E-state index in [-0.39, 0.29) is 23.9 Å². The van der Waals surface area contributed by atoms with Gasteiger partial charge in [-0.1, -0.05) is 52.9 Å². The second-order valence-corrected chi connectivity index (χ2v) is 4.85. The van der Waals surface area contributed by atoms with Crippen LogP contribution in [0.25, 0.3) is 0 Å². The summed E-state index contributed by atoms with van der Waals surface area (Å²) in [5.74, 6) is 0.193. The van der Waals surface area contributed by atoms with E-state index in [9.17, 15) is 9.59 Å². The minimum Gasteiger partial charge on any atom is -0.299 e. The lowest BCUT2D eigenvalue weighted by molar-refractivity contribution is -0.128. The summed E-state index contributed by atoms with van der Waals surface area (Å²) < 4.78 is 0. The molecular formula is C14H26O2. The minimum absolute atomic E-state index is 0.00601. The highest BCUT2D eigenvalue weighted by Crippen LogP contribution is 2.09. The van der Waals surface area contributed by atoms with Gasteiger partial charge in [0.25, 0.3) is 0 Å². The van der Waals surface area contributed by atoms with Crippen LogP contribution in [0.15, 0.2) is 0 Å². The van der Waals surface area contributed by atoms with Crippen LogP contribution in [0.2, 0.25) is 0 Å². The number of Topliss-reactive ketones (excluding diaryl/α,β-unsaturated/α-hetero) is 2. The molecule has 0 aromatic rings. The minimum atomic E-state index is -0.00601. The van der Waals surface area contributed by atoms with Gasteiger partial charge in [0, 0.05) is 12.3 Å². The molecule has 0 bridgehead atoms. The van der Waals surface area contributed by atoms with Crippen LogP contribution < -0.4 is 0 Å². The molecule has 0 radical (unpaired) electrons. The van der Waals surface area contributed by atoms with E-state index in [0.29, 0.717) is 6.42 Å². The average Bonchev–Trinajstić information content (AvgIpc) is 2.23. The summed E-state index contributed by atoms with van der Waals surface area (Å²) in [5.41, 5.74) is 0. The van der Waals surface area contributed by atoms with E-state index in [1.807, 2.05) is 13.8 Å². The molecule has 0 fully saturated rings. The number of hydrogen-bond donors (Lipinski definition) is 0. The third kappa shape index (κ3) is 8.63. The van der Waals surface area contributed by atoms with E-state index in [1.54, 1.807) is 0 Å². The lowest BCUT2D eigenvalue weighted by Crippen LogP contribution is -2.12. The number of carbonyl (C=O) groups excluding carboxylic acids is 2. The van der Waals surface area contributed by atoms with Crippen molar-refractivity contribution in [1.29, 1.82) is 0 Å². The van der Waals surface area contributed by atoms with Crippen molar-refractivity contribution in [3.8, 4) is 0 Å². The van der Waals surface area contributed by atoms with Crippen molar-refractivity contribution in [2.45, 2.75) is 72.1 Å². The monoisotopic (exact) mass is 226 g/mol. The predicted octanol–water partition coefficient (Wildman–Crippen LogP) is 3.92. The first kappa shape index (κ1) is 15.3. The van der Waals surface area contributed by atoms with Crippen molar-refractivity contribution in [1.82, 2.24) is 0 Å². The van der Waals surface area contributed by atoms with Gasteiger partial charge in [0.2, 0.25) is 0 Å². The first-order chi connectivity index (χ1) is 7.57. The maximum atomic E-state index is 11.4. The first-order valence-electron chi connectivity index (χ1n) is 6.62. The third-order valence-electron chi connectivity index (χ3n) is 2.82. The van der Waals surface area contributed by atoms with Gasteiger partial charge in [0.15, 0.2) is 0 Å². The molecule has 0 saturated heterocycles. The van der Waals surface area contributed by atoms with Crippen molar-refractivity contribution in [2.24, 2.45) is 5.92 Å². The maximum absolute atomic E-state index is 11.4. The highest BCUT2D eigenvalue weighted by Gasteiger charge is 2.12. The summed E-state index contributed by atoms with van der Waals surface area (Å²) in [4.78, 5) is 22.7. The third-order valence-corrected chi connectivity index (χ3v) is 2.82. The smallest absolute Gasteiger partial charge is 0.142 e. The van der Waals surface area contributed by atoms with Gasteiger partial charge in [-0.25, -0.2) is 0 Å². The Labute approximate surface area is 99.8 Å². The zero-order chi connectivity index (χ0) is 12.4. The number of carbonyl (C=O) groups is 2. The topological polar surface area (TPSA) is 34.1 Å². The molecule has 16 heavy (non-hydrogen) atoms. The molecule has 0 aromatic carbocycles. The summed E-state index contributed by atoms with van der Waals surface area (Å²) >= 11 is 0. The van der Waals surface area contributed by atoms with Crippen LogP contribution in [-0.4, -0.2) is 11.6 Å². The molecule has 0 spiro atoms. The molecule has 0 unspecified atom stereocenters. The van der Waals surface area contributed by atoms with Gasteiger partial charge in [-0.3, -0.25) is 9.59 Å². The van der Waals surface area contributed by atoms with Crippen molar-refractivity contribution in [3.63, 3.8) is 0 Å². The second-order valence-electron chi connectivity index (χ2n) is 4.85. The van der Waals surface area contributed by atoms with Gasteiger partial charge in [0.1, 0.15) is 11.6 Å². The van der Waals surface area contributed by atoms with E-state index in [2.05, 4.69) is 6.92 Å². The molecule has 0 amide bonds. The summed E-state index contributed by atoms with van der Waals surface area (Å²) in [6, 6.07) is 0. The quantitative estimate of drug-likeness (QED) is 0.418. The van der Waals surface area contributed by atoms with Gasteiger partial charge in [-0.05, 0) is 6.42 Å². The predicted molar refractivity (Wildman–Crippen MR) is 67.5 cm³/mol. The Morgan fingerprint density at radius 3 is 2.06 bits per heavy atom. The van der Waals surface area contributed by atoms with Crippen LogP contribution in [0.4, 0.5) is 0 Å². The lowest BCUT2D eigenvalue weighted by Gasteiger charge is -2.03. The van der Waals surface area contributed by atoms with Crippen LogP contribution in [0.5, 0.6) is 0 Å². The fraction of sp³-hybridized carbons (Fsp3) is 0.857. The number of unbranched alkanes of at least 4 members (excludes halogenated alkanes) is 5. The first-order valence-corrected chi connectivity index (χ1v) is 6.62. The standard InChI is InChI=1S/C14H26O2/c1-4-5-6-7-8-9-10-13(15)11-14(16)12(2)3/h12H,4-11H2,1-3H3. The van der Waals surface area contributed by atoms with Crippen LogP contribution in [0.3, 0.4) is 0 Å². The molecule has 2 nitrogen and oxygen atoms in total. The largest absolute Gasteiger partial charge is 0.299 e. The fourth-order valence-electron chi connectivity index (χ4n) is 1.59. The molecule has 0 rings (SSSR count). The summed E-state index contributed by atoms with van der Waals surface area (Å²) in [6.07, 6.45) is 7.85. The van der Waals surface area contributed by atoms with Gasteiger partial charge < -0.3 is 0 Å². The molecule has 0 heterocycles. The number of hydrogen-bond acceptors (Lipinski definition) is 2. The van der Waals surface area contributed by atoms with Crippen molar-refractivity contribution >= 4 is 11.6 Å². The molecule has 0 aliphatic carbocycles. The van der Waals surface area contributed by atoms with E-state index in [4.69, 9.17) is 0 Å². The molecule has 0 aromatic heterocycles. The molecule has 2 heteroatoms. The average molecular weight is 226 g/mol.